The van der Waals surface area contributed by atoms with Crippen molar-refractivity contribution < 1.29 is 18.4 Å². The Morgan fingerprint density at radius 2 is 1.61 bits per heavy atom. The van der Waals surface area contributed by atoms with Gasteiger partial charge in [0.25, 0.3) is 5.95 Å². The smallest absolute Gasteiger partial charge is 0.350 e. The second kappa shape index (κ2) is 10.0. The molecule has 1 aromatic heterocycles. The molecule has 1 fully saturated rings. The summed E-state index contributed by atoms with van der Waals surface area (Å²) in [4.78, 5) is 14.7. The Morgan fingerprint density at radius 3 is 2.30 bits per heavy atom. The van der Waals surface area contributed by atoms with Crippen molar-refractivity contribution in [3.8, 4) is 0 Å². The maximum absolute atomic E-state index is 12.9. The number of alkyl halides is 3. The Labute approximate surface area is 189 Å². The SMILES string of the molecule is ONc1nc(NCc2cccc(C(F)(F)F)c2)nc(N2CCC(Cc3ccccc3)CC2)n1. The molecule has 4 rings (SSSR count). The number of nitrogens with one attached hydrogen (secondary N) is 2. The van der Waals surface area contributed by atoms with Crippen LogP contribution in [-0.4, -0.2) is 33.2 Å². The maximum Gasteiger partial charge on any atom is 0.416 e. The van der Waals surface area contributed by atoms with Gasteiger partial charge in [-0.25, -0.2) is 5.48 Å². The highest BCUT2D eigenvalue weighted by molar-refractivity contribution is 5.44. The van der Waals surface area contributed by atoms with Crippen molar-refractivity contribution in [2.75, 3.05) is 28.8 Å². The van der Waals surface area contributed by atoms with Crippen LogP contribution in [0.5, 0.6) is 0 Å². The summed E-state index contributed by atoms with van der Waals surface area (Å²) in [7, 11) is 0. The lowest BCUT2D eigenvalue weighted by Gasteiger charge is -2.32. The van der Waals surface area contributed by atoms with Crippen LogP contribution in [0.15, 0.2) is 54.6 Å². The third-order valence-electron chi connectivity index (χ3n) is 5.69. The predicted molar refractivity (Wildman–Crippen MR) is 119 cm³/mol. The van der Waals surface area contributed by atoms with Gasteiger partial charge in [-0.1, -0.05) is 42.5 Å². The van der Waals surface area contributed by atoms with E-state index in [1.54, 1.807) is 6.07 Å². The highest BCUT2D eigenvalue weighted by atomic mass is 19.4. The Balaban J connectivity index is 1.40. The zero-order valence-electron chi connectivity index (χ0n) is 17.9. The van der Waals surface area contributed by atoms with Crippen LogP contribution in [0, 0.1) is 5.92 Å². The fourth-order valence-electron chi connectivity index (χ4n) is 3.96. The third kappa shape index (κ3) is 6.10. The highest BCUT2D eigenvalue weighted by Crippen LogP contribution is 2.30. The van der Waals surface area contributed by atoms with Crippen LogP contribution in [0.2, 0.25) is 0 Å². The van der Waals surface area contributed by atoms with Gasteiger partial charge in [-0.2, -0.15) is 28.1 Å². The largest absolute Gasteiger partial charge is 0.416 e. The monoisotopic (exact) mass is 458 g/mol. The van der Waals surface area contributed by atoms with Crippen LogP contribution in [0.3, 0.4) is 0 Å². The molecule has 0 bridgehead atoms. The quantitative estimate of drug-likeness (QED) is 0.440. The number of nitrogens with zero attached hydrogens (tertiary/aromatic N) is 4. The molecule has 0 aliphatic carbocycles. The minimum absolute atomic E-state index is 0.0297. The molecule has 2 heterocycles. The van der Waals surface area contributed by atoms with E-state index in [0.717, 1.165) is 44.5 Å². The summed E-state index contributed by atoms with van der Waals surface area (Å²) >= 11 is 0. The van der Waals surface area contributed by atoms with Gasteiger partial charge < -0.3 is 10.2 Å². The Hall–Kier alpha value is -3.40. The summed E-state index contributed by atoms with van der Waals surface area (Å²) < 4.78 is 38.8. The van der Waals surface area contributed by atoms with Crippen molar-refractivity contribution in [3.63, 3.8) is 0 Å². The van der Waals surface area contributed by atoms with Crippen molar-refractivity contribution in [1.82, 2.24) is 15.0 Å². The molecule has 0 atom stereocenters. The van der Waals surface area contributed by atoms with Gasteiger partial charge in [0.05, 0.1) is 5.56 Å². The number of aromatic nitrogens is 3. The van der Waals surface area contributed by atoms with Gasteiger partial charge >= 0.3 is 6.18 Å². The van der Waals surface area contributed by atoms with Crippen LogP contribution in [0.1, 0.15) is 29.5 Å². The molecule has 3 aromatic rings. The van der Waals surface area contributed by atoms with E-state index in [9.17, 15) is 18.4 Å². The molecule has 7 nitrogen and oxygen atoms in total. The van der Waals surface area contributed by atoms with E-state index >= 15 is 0 Å². The molecule has 174 valence electrons. The van der Waals surface area contributed by atoms with Crippen molar-refractivity contribution in [2.45, 2.75) is 32.0 Å². The predicted octanol–water partition coefficient (Wildman–Crippen LogP) is 4.76. The van der Waals surface area contributed by atoms with Gasteiger partial charge in [0, 0.05) is 19.6 Å². The van der Waals surface area contributed by atoms with Crippen LogP contribution < -0.4 is 15.7 Å². The van der Waals surface area contributed by atoms with Crippen molar-refractivity contribution >= 4 is 17.8 Å². The number of piperidine rings is 1. The molecule has 10 heteroatoms. The molecule has 0 amide bonds. The molecule has 0 unspecified atom stereocenters. The second-order valence-electron chi connectivity index (χ2n) is 8.07. The molecular weight excluding hydrogens is 433 g/mol. The molecule has 0 saturated carbocycles. The molecule has 33 heavy (non-hydrogen) atoms. The fraction of sp³-hybridized carbons (Fsp3) is 0.348. The van der Waals surface area contributed by atoms with Gasteiger partial charge in [0.15, 0.2) is 0 Å². The van der Waals surface area contributed by atoms with Gasteiger partial charge in [0.1, 0.15) is 0 Å². The summed E-state index contributed by atoms with van der Waals surface area (Å²) in [6.45, 7) is 1.62. The minimum Gasteiger partial charge on any atom is -0.350 e. The standard InChI is InChI=1S/C23H25F3N6O/c24-23(25,26)19-8-4-7-18(14-19)15-27-20-28-21(31-33)30-22(29-20)32-11-9-17(10-12-32)13-16-5-2-1-3-6-16/h1-8,14,17,33H,9-13,15H2,(H2,27,28,29,30,31). The molecule has 1 aliphatic heterocycles. The van der Waals surface area contributed by atoms with Gasteiger partial charge in [-0.3, -0.25) is 5.21 Å². The van der Waals surface area contributed by atoms with Crippen molar-refractivity contribution in [2.24, 2.45) is 5.92 Å². The number of anilines is 3. The second-order valence-corrected chi connectivity index (χ2v) is 8.07. The lowest BCUT2D eigenvalue weighted by molar-refractivity contribution is -0.137. The Bertz CT molecular complexity index is 1060. The molecule has 3 N–H and O–H groups in total. The summed E-state index contributed by atoms with van der Waals surface area (Å²) in [6, 6.07) is 15.4. The summed E-state index contributed by atoms with van der Waals surface area (Å²) in [5, 5.41) is 12.3. The van der Waals surface area contributed by atoms with Gasteiger partial charge in [-0.05, 0) is 48.4 Å². The summed E-state index contributed by atoms with van der Waals surface area (Å²) in [5.74, 6) is 1.11. The number of hydrogen-bond donors (Lipinski definition) is 3. The molecule has 2 aromatic carbocycles. The molecule has 1 saturated heterocycles. The van der Waals surface area contributed by atoms with E-state index in [1.807, 2.05) is 28.6 Å². The first-order valence-electron chi connectivity index (χ1n) is 10.8. The number of halogens is 3. The topological polar surface area (TPSA) is 86.2 Å². The molecular formula is C23H25F3N6O. The average Bonchev–Trinajstić information content (AvgIpc) is 2.83. The highest BCUT2D eigenvalue weighted by Gasteiger charge is 2.30. The van der Waals surface area contributed by atoms with Crippen molar-refractivity contribution in [1.29, 1.82) is 0 Å². The number of benzene rings is 2. The maximum atomic E-state index is 12.9. The summed E-state index contributed by atoms with van der Waals surface area (Å²) in [6.07, 6.45) is -1.42. The summed E-state index contributed by atoms with van der Waals surface area (Å²) in [5.41, 5.74) is 2.98. The van der Waals surface area contributed by atoms with E-state index in [-0.39, 0.29) is 18.4 Å². The first-order valence-corrected chi connectivity index (χ1v) is 10.8. The van der Waals surface area contributed by atoms with E-state index in [2.05, 4.69) is 32.4 Å². The van der Waals surface area contributed by atoms with Crippen LogP contribution in [0.4, 0.5) is 31.0 Å². The zero-order chi connectivity index (χ0) is 23.3. The lowest BCUT2D eigenvalue weighted by Crippen LogP contribution is -2.35. The van der Waals surface area contributed by atoms with E-state index in [0.29, 0.717) is 17.4 Å². The Morgan fingerprint density at radius 1 is 0.909 bits per heavy atom. The van der Waals surface area contributed by atoms with Crippen LogP contribution >= 0.6 is 0 Å². The van der Waals surface area contributed by atoms with Gasteiger partial charge in [-0.15, -0.1) is 0 Å². The first-order chi connectivity index (χ1) is 15.9. The fourth-order valence-corrected chi connectivity index (χ4v) is 3.96. The van der Waals surface area contributed by atoms with E-state index in [1.165, 1.54) is 11.6 Å². The van der Waals surface area contributed by atoms with Crippen LogP contribution in [-0.2, 0) is 19.1 Å². The Kier molecular flexibility index (Phi) is 6.93. The molecule has 1 aliphatic rings. The normalized spacial score (nSPS) is 14.8. The van der Waals surface area contributed by atoms with Crippen molar-refractivity contribution in [3.05, 3.63) is 71.3 Å². The first kappa shape index (κ1) is 22.8. The third-order valence-corrected chi connectivity index (χ3v) is 5.69. The number of rotatable bonds is 7. The van der Waals surface area contributed by atoms with E-state index in [4.69, 9.17) is 0 Å². The lowest BCUT2D eigenvalue weighted by atomic mass is 9.90. The van der Waals surface area contributed by atoms with Crippen LogP contribution in [0.25, 0.3) is 0 Å². The minimum atomic E-state index is -4.41. The average molecular weight is 458 g/mol. The zero-order valence-corrected chi connectivity index (χ0v) is 17.9. The number of hydrogen-bond acceptors (Lipinski definition) is 7. The molecule has 0 radical (unpaired) electrons. The van der Waals surface area contributed by atoms with Gasteiger partial charge in [0.2, 0.25) is 11.9 Å². The molecule has 0 spiro atoms. The van der Waals surface area contributed by atoms with E-state index < -0.39 is 11.7 Å².